The van der Waals surface area contributed by atoms with Gasteiger partial charge in [-0.1, -0.05) is 23.7 Å². The van der Waals surface area contributed by atoms with E-state index in [0.29, 0.717) is 5.02 Å². The van der Waals surface area contributed by atoms with E-state index in [9.17, 15) is 9.59 Å². The van der Waals surface area contributed by atoms with Gasteiger partial charge in [0.1, 0.15) is 5.57 Å². The van der Waals surface area contributed by atoms with Crippen molar-refractivity contribution in [1.82, 2.24) is 10.2 Å². The van der Waals surface area contributed by atoms with Gasteiger partial charge in [0, 0.05) is 12.1 Å². The summed E-state index contributed by atoms with van der Waals surface area (Å²) in [7, 11) is 1.51. The van der Waals surface area contributed by atoms with E-state index in [-0.39, 0.29) is 10.7 Å². The van der Waals surface area contributed by atoms with Crippen molar-refractivity contribution in [2.45, 2.75) is 0 Å². The Labute approximate surface area is 114 Å². The van der Waals surface area contributed by atoms with Gasteiger partial charge in [0.05, 0.1) is 0 Å². The smallest absolute Gasteiger partial charge is 0.265 e. The first kappa shape index (κ1) is 12.7. The topological polar surface area (TPSA) is 49.4 Å². The Kier molecular flexibility index (Phi) is 3.45. The monoisotopic (exact) mass is 280 g/mol. The van der Waals surface area contributed by atoms with Gasteiger partial charge in [0.15, 0.2) is 5.11 Å². The van der Waals surface area contributed by atoms with Crippen LogP contribution in [0.15, 0.2) is 29.8 Å². The van der Waals surface area contributed by atoms with E-state index >= 15 is 0 Å². The van der Waals surface area contributed by atoms with Crippen LogP contribution in [-0.2, 0) is 9.59 Å². The number of nitrogens with one attached hydrogen (secondary N) is 1. The van der Waals surface area contributed by atoms with Crippen molar-refractivity contribution in [2.75, 3.05) is 7.05 Å². The third-order valence-corrected chi connectivity index (χ3v) is 3.11. The van der Waals surface area contributed by atoms with Gasteiger partial charge in [-0.15, -0.1) is 0 Å². The molecule has 0 unspecified atom stereocenters. The molecule has 1 aliphatic heterocycles. The quantitative estimate of drug-likeness (QED) is 0.483. The van der Waals surface area contributed by atoms with Crippen molar-refractivity contribution >= 4 is 46.8 Å². The van der Waals surface area contributed by atoms with Gasteiger partial charge in [-0.3, -0.25) is 19.8 Å². The summed E-state index contributed by atoms with van der Waals surface area (Å²) in [5, 5.41) is 3.15. The lowest BCUT2D eigenvalue weighted by molar-refractivity contribution is -0.128. The van der Waals surface area contributed by atoms with Crippen LogP contribution in [0.5, 0.6) is 0 Å². The average Bonchev–Trinajstić information content (AvgIpc) is 2.34. The maximum atomic E-state index is 11.9. The van der Waals surface area contributed by atoms with Crippen molar-refractivity contribution in [3.63, 3.8) is 0 Å². The van der Waals surface area contributed by atoms with E-state index in [4.69, 9.17) is 23.8 Å². The van der Waals surface area contributed by atoms with Crippen LogP contribution in [0.1, 0.15) is 5.56 Å². The van der Waals surface area contributed by atoms with Crippen molar-refractivity contribution in [2.24, 2.45) is 0 Å². The molecule has 92 valence electrons. The molecule has 0 saturated carbocycles. The minimum Gasteiger partial charge on any atom is -0.298 e. The summed E-state index contributed by atoms with van der Waals surface area (Å²) in [5.74, 6) is -0.906. The summed E-state index contributed by atoms with van der Waals surface area (Å²) in [6.45, 7) is 0. The molecule has 4 nitrogen and oxygen atoms in total. The third-order valence-electron chi connectivity index (χ3n) is 2.49. The molecular formula is C12H9ClN2O2S. The summed E-state index contributed by atoms with van der Waals surface area (Å²) in [6, 6.07) is 6.83. The highest BCUT2D eigenvalue weighted by Gasteiger charge is 2.30. The fraction of sp³-hybridized carbons (Fsp3) is 0.0833. The second-order valence-corrected chi connectivity index (χ2v) is 4.56. The summed E-state index contributed by atoms with van der Waals surface area (Å²) in [6.07, 6.45) is 1.51. The Bertz CT molecular complexity index is 566. The number of carbonyl (C=O) groups excluding carboxylic acids is 2. The first-order valence-corrected chi connectivity index (χ1v) is 5.88. The molecule has 0 aromatic heterocycles. The molecule has 1 aromatic rings. The zero-order valence-corrected chi connectivity index (χ0v) is 11.0. The Morgan fingerprint density at radius 1 is 1.28 bits per heavy atom. The number of thiocarbonyl (C=S) groups is 1. The minimum atomic E-state index is -0.488. The van der Waals surface area contributed by atoms with E-state index in [1.165, 1.54) is 18.0 Å². The molecule has 2 amide bonds. The molecule has 0 radical (unpaired) electrons. The fourth-order valence-corrected chi connectivity index (χ4v) is 1.77. The van der Waals surface area contributed by atoms with Gasteiger partial charge in [-0.2, -0.15) is 0 Å². The first-order valence-electron chi connectivity index (χ1n) is 5.09. The number of carbonyl (C=O) groups is 2. The van der Waals surface area contributed by atoms with Gasteiger partial charge in [0.25, 0.3) is 11.8 Å². The number of hydrogen-bond donors (Lipinski definition) is 1. The number of benzene rings is 1. The van der Waals surface area contributed by atoms with E-state index in [1.54, 1.807) is 24.3 Å². The number of hydrogen-bond acceptors (Lipinski definition) is 3. The van der Waals surface area contributed by atoms with E-state index in [2.05, 4.69) is 5.32 Å². The molecule has 6 heteroatoms. The molecular weight excluding hydrogens is 272 g/mol. The Hall–Kier alpha value is -1.72. The molecule has 1 saturated heterocycles. The normalized spacial score (nSPS) is 18.2. The van der Waals surface area contributed by atoms with E-state index < -0.39 is 11.8 Å². The van der Waals surface area contributed by atoms with Crippen molar-refractivity contribution < 1.29 is 9.59 Å². The lowest BCUT2D eigenvalue weighted by Crippen LogP contribution is -2.52. The van der Waals surface area contributed by atoms with Crippen molar-refractivity contribution in [3.8, 4) is 0 Å². The number of nitrogens with zero attached hydrogens (tertiary/aromatic N) is 1. The van der Waals surface area contributed by atoms with Crippen LogP contribution >= 0.6 is 23.8 Å². The van der Waals surface area contributed by atoms with Crippen LogP contribution in [0, 0.1) is 0 Å². The van der Waals surface area contributed by atoms with Gasteiger partial charge in [-0.05, 0) is 36.0 Å². The molecule has 0 atom stereocenters. The average molecular weight is 281 g/mol. The van der Waals surface area contributed by atoms with Crippen molar-refractivity contribution in [3.05, 3.63) is 40.4 Å². The van der Waals surface area contributed by atoms with Crippen LogP contribution in [0.3, 0.4) is 0 Å². The van der Waals surface area contributed by atoms with Crippen LogP contribution < -0.4 is 5.32 Å². The van der Waals surface area contributed by atoms with E-state index in [0.717, 1.165) is 5.56 Å². The Morgan fingerprint density at radius 2 is 1.89 bits per heavy atom. The van der Waals surface area contributed by atoms with Gasteiger partial charge in [0.2, 0.25) is 0 Å². The third kappa shape index (κ3) is 2.42. The highest BCUT2D eigenvalue weighted by atomic mass is 35.5. The zero-order valence-electron chi connectivity index (χ0n) is 9.44. The lowest BCUT2D eigenvalue weighted by atomic mass is 10.1. The highest BCUT2D eigenvalue weighted by Crippen LogP contribution is 2.15. The van der Waals surface area contributed by atoms with Crippen LogP contribution in [-0.4, -0.2) is 28.9 Å². The predicted molar refractivity (Wildman–Crippen MR) is 72.9 cm³/mol. The molecule has 1 aliphatic rings. The Balaban J connectivity index is 2.37. The number of likely N-dealkylation sites (N-methyl/N-ethyl adjacent to an activating group) is 1. The number of amides is 2. The summed E-state index contributed by atoms with van der Waals surface area (Å²) in [4.78, 5) is 24.8. The molecule has 1 aromatic carbocycles. The minimum absolute atomic E-state index is 0.0495. The zero-order chi connectivity index (χ0) is 13.3. The van der Waals surface area contributed by atoms with Crippen LogP contribution in [0.2, 0.25) is 5.02 Å². The fourth-order valence-electron chi connectivity index (χ4n) is 1.47. The van der Waals surface area contributed by atoms with Gasteiger partial charge < -0.3 is 0 Å². The molecule has 18 heavy (non-hydrogen) atoms. The lowest BCUT2D eigenvalue weighted by Gasteiger charge is -2.24. The Morgan fingerprint density at radius 3 is 2.50 bits per heavy atom. The molecule has 0 spiro atoms. The molecule has 0 aliphatic carbocycles. The van der Waals surface area contributed by atoms with E-state index in [1.807, 2.05) is 0 Å². The second-order valence-electron chi connectivity index (χ2n) is 3.73. The maximum Gasteiger partial charge on any atom is 0.265 e. The summed E-state index contributed by atoms with van der Waals surface area (Å²) < 4.78 is 0. The molecule has 0 bridgehead atoms. The second kappa shape index (κ2) is 4.88. The standard InChI is InChI=1S/C12H9ClN2O2S/c1-15-11(17)9(10(16)14-12(15)18)6-7-2-4-8(13)5-3-7/h2-6H,1H3,(H,14,16,18)/b9-6+. The SMILES string of the molecule is CN1C(=O)/C(=C/c2ccc(Cl)cc2)C(=O)NC1=S. The molecule has 1 fully saturated rings. The summed E-state index contributed by atoms with van der Waals surface area (Å²) >= 11 is 10.6. The summed E-state index contributed by atoms with van der Waals surface area (Å²) in [5.41, 5.74) is 0.771. The molecule has 2 rings (SSSR count). The van der Waals surface area contributed by atoms with Crippen LogP contribution in [0.4, 0.5) is 0 Å². The predicted octanol–water partition coefficient (Wildman–Crippen LogP) is 1.60. The van der Waals surface area contributed by atoms with Crippen LogP contribution in [0.25, 0.3) is 6.08 Å². The van der Waals surface area contributed by atoms with Gasteiger partial charge in [-0.25, -0.2) is 0 Å². The van der Waals surface area contributed by atoms with Crippen molar-refractivity contribution in [1.29, 1.82) is 0 Å². The first-order chi connectivity index (χ1) is 8.49. The highest BCUT2D eigenvalue weighted by molar-refractivity contribution is 7.80. The number of rotatable bonds is 1. The van der Waals surface area contributed by atoms with Gasteiger partial charge >= 0.3 is 0 Å². The maximum absolute atomic E-state index is 11.9. The molecule has 1 N–H and O–H groups in total. The number of halogens is 1. The molecule has 1 heterocycles. The largest absolute Gasteiger partial charge is 0.298 e.